The van der Waals surface area contributed by atoms with E-state index in [4.69, 9.17) is 28.4 Å². The van der Waals surface area contributed by atoms with Crippen molar-refractivity contribution in [2.24, 2.45) is 11.8 Å². The van der Waals surface area contributed by atoms with Crippen molar-refractivity contribution in [2.75, 3.05) is 39.5 Å². The van der Waals surface area contributed by atoms with Crippen LogP contribution in [0.5, 0.6) is 34.5 Å². The van der Waals surface area contributed by atoms with Gasteiger partial charge in [-0.25, -0.2) is 4.79 Å². The van der Waals surface area contributed by atoms with Gasteiger partial charge in [-0.3, -0.25) is 4.79 Å². The summed E-state index contributed by atoms with van der Waals surface area (Å²) in [6, 6.07) is 11.3. The summed E-state index contributed by atoms with van der Waals surface area (Å²) in [5.74, 6) is -1.23. The Kier molecular flexibility index (Phi) is 6.64. The van der Waals surface area contributed by atoms with Crippen molar-refractivity contribution in [3.05, 3.63) is 64.7 Å². The van der Waals surface area contributed by atoms with Gasteiger partial charge in [0.25, 0.3) is 0 Å². The minimum absolute atomic E-state index is 0.0531. The lowest BCUT2D eigenvalue weighted by molar-refractivity contribution is -0.141. The molecule has 1 saturated heterocycles. The zero-order valence-corrected chi connectivity index (χ0v) is 22.6. The van der Waals surface area contributed by atoms with Crippen LogP contribution in [0.2, 0.25) is 0 Å². The molecule has 3 aromatic rings. The Bertz CT molecular complexity index is 1510. The van der Waals surface area contributed by atoms with Gasteiger partial charge in [0.05, 0.1) is 39.4 Å². The van der Waals surface area contributed by atoms with Crippen LogP contribution in [0.1, 0.15) is 45.9 Å². The van der Waals surface area contributed by atoms with Crippen LogP contribution in [-0.4, -0.2) is 56.4 Å². The average Bonchev–Trinajstić information content (AvgIpc) is 3.58. The van der Waals surface area contributed by atoms with Crippen molar-refractivity contribution in [3.8, 4) is 34.5 Å². The Morgan fingerprint density at radius 3 is 2.29 bits per heavy atom. The average molecular weight is 564 g/mol. The van der Waals surface area contributed by atoms with Crippen molar-refractivity contribution in [1.29, 1.82) is 0 Å². The van der Waals surface area contributed by atoms with Crippen molar-refractivity contribution < 1.29 is 48.2 Å². The van der Waals surface area contributed by atoms with E-state index in [1.165, 1.54) is 26.4 Å². The number of fused-ring (bicyclic) bond motifs is 3. The fraction of sp³-hybridized carbons (Fsp3) is 0.333. The van der Waals surface area contributed by atoms with Gasteiger partial charge < -0.3 is 44.0 Å². The van der Waals surface area contributed by atoms with Crippen LogP contribution < -0.4 is 24.3 Å². The van der Waals surface area contributed by atoms with E-state index in [2.05, 4.69) is 5.32 Å². The van der Waals surface area contributed by atoms with E-state index in [0.29, 0.717) is 22.7 Å². The molecule has 6 rings (SSSR count). The van der Waals surface area contributed by atoms with Crippen LogP contribution in [0.25, 0.3) is 0 Å². The molecule has 2 aliphatic heterocycles. The predicted molar refractivity (Wildman–Crippen MR) is 144 cm³/mol. The zero-order valence-electron chi connectivity index (χ0n) is 22.6. The molecule has 1 fully saturated rings. The second-order valence-electron chi connectivity index (χ2n) is 9.98. The number of esters is 2. The first-order valence-corrected chi connectivity index (χ1v) is 13.2. The van der Waals surface area contributed by atoms with E-state index < -0.39 is 23.8 Å². The summed E-state index contributed by atoms with van der Waals surface area (Å²) in [5, 5.41) is 24.6. The fourth-order valence-corrected chi connectivity index (χ4v) is 6.02. The number of methoxy groups -OCH3 is 2. The number of carbonyl (C=O) groups excluding carboxylic acids is 2. The molecule has 4 unspecified atom stereocenters. The summed E-state index contributed by atoms with van der Waals surface area (Å²) in [7, 11) is 2.89. The minimum Gasteiger partial charge on any atom is -0.507 e. The second kappa shape index (κ2) is 10.3. The molecule has 41 heavy (non-hydrogen) atoms. The van der Waals surface area contributed by atoms with Crippen molar-refractivity contribution in [2.45, 2.75) is 18.9 Å². The maximum absolute atomic E-state index is 13.3. The first-order valence-electron chi connectivity index (χ1n) is 13.2. The van der Waals surface area contributed by atoms with E-state index in [9.17, 15) is 19.8 Å². The van der Waals surface area contributed by atoms with Crippen LogP contribution in [0, 0.1) is 11.8 Å². The number of ether oxygens (including phenoxy) is 6. The Labute approximate surface area is 235 Å². The quantitative estimate of drug-likeness (QED) is 0.358. The first-order chi connectivity index (χ1) is 19.8. The third-order valence-corrected chi connectivity index (χ3v) is 7.86. The van der Waals surface area contributed by atoms with E-state index in [1.54, 1.807) is 25.1 Å². The van der Waals surface area contributed by atoms with Gasteiger partial charge in [0.15, 0.2) is 23.0 Å². The molecular formula is C30H29NO10. The summed E-state index contributed by atoms with van der Waals surface area (Å²) in [6.45, 7) is 2.10. The third kappa shape index (κ3) is 4.37. The largest absolute Gasteiger partial charge is 0.507 e. The molecule has 11 heteroatoms. The minimum atomic E-state index is -0.621. The van der Waals surface area contributed by atoms with Gasteiger partial charge in [0, 0.05) is 23.6 Å². The summed E-state index contributed by atoms with van der Waals surface area (Å²) >= 11 is 0. The van der Waals surface area contributed by atoms with Gasteiger partial charge >= 0.3 is 11.9 Å². The van der Waals surface area contributed by atoms with Crippen LogP contribution in [-0.2, 0) is 14.3 Å². The van der Waals surface area contributed by atoms with Crippen molar-refractivity contribution >= 4 is 17.6 Å². The number of phenolic OH excluding ortho intramolecular Hbond substituents is 2. The van der Waals surface area contributed by atoms with E-state index in [1.807, 2.05) is 12.1 Å². The molecule has 0 amide bonds. The number of nitrogens with one attached hydrogen (secondary N) is 1. The van der Waals surface area contributed by atoms with Crippen LogP contribution in [0.15, 0.2) is 42.5 Å². The van der Waals surface area contributed by atoms with Gasteiger partial charge in [0.1, 0.15) is 11.3 Å². The van der Waals surface area contributed by atoms with Crippen LogP contribution in [0.4, 0.5) is 5.69 Å². The predicted octanol–water partition coefficient (Wildman–Crippen LogP) is 4.11. The van der Waals surface area contributed by atoms with E-state index in [-0.39, 0.29) is 60.5 Å². The lowest BCUT2D eigenvalue weighted by Gasteiger charge is -2.40. The number of carbonyl (C=O) groups is 2. The second-order valence-corrected chi connectivity index (χ2v) is 9.98. The number of cyclic esters (lactones) is 1. The number of hydrogen-bond acceptors (Lipinski definition) is 11. The van der Waals surface area contributed by atoms with Crippen LogP contribution in [0.3, 0.4) is 0 Å². The molecule has 2 heterocycles. The van der Waals surface area contributed by atoms with Gasteiger partial charge in [-0.2, -0.15) is 0 Å². The molecule has 1 aliphatic carbocycles. The number of hydrogen-bond donors (Lipinski definition) is 3. The highest BCUT2D eigenvalue weighted by molar-refractivity contribution is 5.93. The number of phenols is 2. The highest BCUT2D eigenvalue weighted by atomic mass is 16.7. The van der Waals surface area contributed by atoms with Gasteiger partial charge in [0.2, 0.25) is 12.5 Å². The van der Waals surface area contributed by atoms with Crippen LogP contribution >= 0.6 is 0 Å². The third-order valence-electron chi connectivity index (χ3n) is 7.86. The summed E-state index contributed by atoms with van der Waals surface area (Å²) in [4.78, 5) is 25.5. The molecule has 3 aromatic carbocycles. The first kappa shape index (κ1) is 26.4. The van der Waals surface area contributed by atoms with Gasteiger partial charge in [-0.05, 0) is 60.0 Å². The lowest BCUT2D eigenvalue weighted by atomic mass is 9.65. The standard InChI is InChI=1S/C30H29NO10/c1-4-38-29(34)16-6-5-15(9-20(16)32)31-27-18-11-22-21(40-13-41-22)10-17(18)25(26-19(27)12-39-30(26)35)14-7-23(36-2)28(33)24(8-14)37-3/h5-11,19,25-27,31-33H,4,12-13H2,1-3H3. The lowest BCUT2D eigenvalue weighted by Crippen LogP contribution is -2.37. The molecule has 11 nitrogen and oxygen atoms in total. The number of rotatable bonds is 7. The molecule has 214 valence electrons. The van der Waals surface area contributed by atoms with E-state index >= 15 is 0 Å². The topological polar surface area (TPSA) is 142 Å². The monoisotopic (exact) mass is 563 g/mol. The highest BCUT2D eigenvalue weighted by Crippen LogP contribution is 2.56. The van der Waals surface area contributed by atoms with Crippen molar-refractivity contribution in [1.82, 2.24) is 0 Å². The summed E-state index contributed by atoms with van der Waals surface area (Å²) < 4.78 is 32.9. The molecule has 0 aromatic heterocycles. The van der Waals surface area contributed by atoms with Gasteiger partial charge in [-0.15, -0.1) is 0 Å². The maximum Gasteiger partial charge on any atom is 0.341 e. The summed E-state index contributed by atoms with van der Waals surface area (Å²) in [5.41, 5.74) is 2.93. The smallest absolute Gasteiger partial charge is 0.341 e. The highest BCUT2D eigenvalue weighted by Gasteiger charge is 2.52. The SMILES string of the molecule is CCOC(=O)c1ccc(NC2c3cc4c(cc3C(c3cc(OC)c(O)c(OC)c3)C3C(=O)OCC23)OCO4)cc1O. The molecule has 3 aliphatic rings. The number of aromatic hydroxyl groups is 2. The molecule has 4 atom stereocenters. The Balaban J connectivity index is 1.48. The maximum atomic E-state index is 13.3. The Morgan fingerprint density at radius 2 is 1.66 bits per heavy atom. The molecule has 0 saturated carbocycles. The molecule has 0 radical (unpaired) electrons. The molecule has 3 N–H and O–H groups in total. The number of benzene rings is 3. The zero-order chi connectivity index (χ0) is 28.8. The van der Waals surface area contributed by atoms with E-state index in [0.717, 1.165) is 11.1 Å². The molecular weight excluding hydrogens is 534 g/mol. The van der Waals surface area contributed by atoms with Crippen molar-refractivity contribution in [3.63, 3.8) is 0 Å². The normalized spacial score (nSPS) is 21.9. The molecule has 0 spiro atoms. The molecule has 0 bridgehead atoms. The number of anilines is 1. The Morgan fingerprint density at radius 1 is 0.976 bits per heavy atom. The summed E-state index contributed by atoms with van der Waals surface area (Å²) in [6.07, 6.45) is 0. The Hall–Kier alpha value is -4.80. The fourth-order valence-electron chi connectivity index (χ4n) is 6.02. The van der Waals surface area contributed by atoms with Gasteiger partial charge in [-0.1, -0.05) is 0 Å².